The van der Waals surface area contributed by atoms with Crippen LogP contribution in [-0.2, 0) is 5.41 Å². The van der Waals surface area contributed by atoms with Crippen molar-refractivity contribution in [2.45, 2.75) is 72.6 Å². The maximum absolute atomic E-state index is 10.9. The van der Waals surface area contributed by atoms with Gasteiger partial charge in [-0.3, -0.25) is 0 Å². The Hall–Kier alpha value is -1.96. The Balaban J connectivity index is 2.67. The number of rotatable bonds is 3. The van der Waals surface area contributed by atoms with Gasteiger partial charge in [0, 0.05) is 17.0 Å². The first kappa shape index (κ1) is 19.4. The molecule has 2 aromatic rings. The molecule has 0 amide bonds. The second-order valence-electron chi connectivity index (χ2n) is 8.67. The third-order valence-electron chi connectivity index (χ3n) is 4.96. The molecule has 2 N–H and O–H groups in total. The molecule has 0 heterocycles. The number of phenolic OH excluding ortho intramolecular Hbond substituents is 2. The highest BCUT2D eigenvalue weighted by Gasteiger charge is 2.25. The van der Waals surface area contributed by atoms with Crippen molar-refractivity contribution in [3.8, 4) is 11.5 Å². The van der Waals surface area contributed by atoms with Crippen LogP contribution >= 0.6 is 0 Å². The standard InChI is InChI=1S/C23H32O2/c1-13(2)17-9-14(3)10-18(21(17)24)16(5)19-11-15(4)12-20(22(19)25)23(6,7)8/h9-13,16,24-25H,1-8H3. The highest BCUT2D eigenvalue weighted by Crippen LogP contribution is 2.43. The van der Waals surface area contributed by atoms with Crippen molar-refractivity contribution in [2.24, 2.45) is 0 Å². The largest absolute Gasteiger partial charge is 0.507 e. The zero-order chi connectivity index (χ0) is 19.1. The number of aryl methyl sites for hydroxylation is 2. The first-order valence-electron chi connectivity index (χ1n) is 9.10. The Morgan fingerprint density at radius 1 is 0.720 bits per heavy atom. The van der Waals surface area contributed by atoms with Crippen LogP contribution in [0.1, 0.15) is 86.8 Å². The van der Waals surface area contributed by atoms with E-state index in [0.29, 0.717) is 11.5 Å². The molecule has 0 saturated carbocycles. The Labute approximate surface area is 152 Å². The third-order valence-corrected chi connectivity index (χ3v) is 4.96. The zero-order valence-corrected chi connectivity index (χ0v) is 16.9. The minimum atomic E-state index is -0.137. The van der Waals surface area contributed by atoms with Crippen LogP contribution in [0.2, 0.25) is 0 Å². The highest BCUT2D eigenvalue weighted by atomic mass is 16.3. The molecule has 0 fully saturated rings. The molecule has 25 heavy (non-hydrogen) atoms. The van der Waals surface area contributed by atoms with Gasteiger partial charge in [-0.1, -0.05) is 76.9 Å². The van der Waals surface area contributed by atoms with Crippen molar-refractivity contribution in [2.75, 3.05) is 0 Å². The minimum absolute atomic E-state index is 0.0848. The van der Waals surface area contributed by atoms with Crippen LogP contribution in [0.25, 0.3) is 0 Å². The van der Waals surface area contributed by atoms with Crippen molar-refractivity contribution in [3.05, 3.63) is 57.6 Å². The van der Waals surface area contributed by atoms with Crippen LogP contribution in [0.15, 0.2) is 24.3 Å². The lowest BCUT2D eigenvalue weighted by Gasteiger charge is -2.26. The topological polar surface area (TPSA) is 40.5 Å². The van der Waals surface area contributed by atoms with Crippen LogP contribution in [-0.4, -0.2) is 10.2 Å². The van der Waals surface area contributed by atoms with Crippen molar-refractivity contribution in [1.82, 2.24) is 0 Å². The minimum Gasteiger partial charge on any atom is -0.507 e. The summed E-state index contributed by atoms with van der Waals surface area (Å²) in [7, 11) is 0. The van der Waals surface area contributed by atoms with E-state index in [1.165, 1.54) is 0 Å². The SMILES string of the molecule is Cc1cc(C(C)C)c(O)c(C(C)c2cc(C)cc(C(C)(C)C)c2O)c1. The van der Waals surface area contributed by atoms with E-state index < -0.39 is 0 Å². The first-order chi connectivity index (χ1) is 11.4. The molecular formula is C23H32O2. The van der Waals surface area contributed by atoms with Crippen LogP contribution in [0.3, 0.4) is 0 Å². The van der Waals surface area contributed by atoms with Gasteiger partial charge in [0.2, 0.25) is 0 Å². The molecule has 0 saturated heterocycles. The number of hydrogen-bond donors (Lipinski definition) is 2. The summed E-state index contributed by atoms with van der Waals surface area (Å²) in [6.45, 7) is 16.7. The zero-order valence-electron chi connectivity index (χ0n) is 16.9. The summed E-state index contributed by atoms with van der Waals surface area (Å²) in [6.07, 6.45) is 0. The van der Waals surface area contributed by atoms with Gasteiger partial charge in [0.15, 0.2) is 0 Å². The van der Waals surface area contributed by atoms with Gasteiger partial charge < -0.3 is 10.2 Å². The van der Waals surface area contributed by atoms with Gasteiger partial charge in [-0.2, -0.15) is 0 Å². The van der Waals surface area contributed by atoms with E-state index in [1.807, 2.05) is 18.2 Å². The summed E-state index contributed by atoms with van der Waals surface area (Å²) in [4.78, 5) is 0. The summed E-state index contributed by atoms with van der Waals surface area (Å²) in [5, 5.41) is 21.8. The highest BCUT2D eigenvalue weighted by molar-refractivity contribution is 5.55. The average Bonchev–Trinajstić information content (AvgIpc) is 2.49. The predicted octanol–water partition coefficient (Wildman–Crippen LogP) is 6.29. The molecule has 1 atom stereocenters. The van der Waals surface area contributed by atoms with Crippen LogP contribution in [0, 0.1) is 13.8 Å². The molecule has 0 aliphatic rings. The Kier molecular flexibility index (Phi) is 5.22. The van der Waals surface area contributed by atoms with E-state index in [9.17, 15) is 10.2 Å². The van der Waals surface area contributed by atoms with Gasteiger partial charge in [-0.05, 0) is 36.3 Å². The van der Waals surface area contributed by atoms with Gasteiger partial charge >= 0.3 is 0 Å². The van der Waals surface area contributed by atoms with Gasteiger partial charge in [0.25, 0.3) is 0 Å². The number of aromatic hydroxyl groups is 2. The smallest absolute Gasteiger partial charge is 0.123 e. The van der Waals surface area contributed by atoms with Crippen molar-refractivity contribution >= 4 is 0 Å². The van der Waals surface area contributed by atoms with Crippen LogP contribution < -0.4 is 0 Å². The first-order valence-corrected chi connectivity index (χ1v) is 9.10. The van der Waals surface area contributed by atoms with Gasteiger partial charge in [-0.15, -0.1) is 0 Å². The third kappa shape index (κ3) is 3.84. The van der Waals surface area contributed by atoms with Crippen LogP contribution in [0.5, 0.6) is 11.5 Å². The Morgan fingerprint density at radius 3 is 1.64 bits per heavy atom. The lowest BCUT2D eigenvalue weighted by atomic mass is 9.80. The molecule has 0 aromatic heterocycles. The monoisotopic (exact) mass is 340 g/mol. The van der Waals surface area contributed by atoms with E-state index in [-0.39, 0.29) is 17.3 Å². The van der Waals surface area contributed by atoms with Crippen LogP contribution in [0.4, 0.5) is 0 Å². The van der Waals surface area contributed by atoms with Crippen molar-refractivity contribution in [3.63, 3.8) is 0 Å². The van der Waals surface area contributed by atoms with Gasteiger partial charge in [0.1, 0.15) is 11.5 Å². The number of benzene rings is 2. The molecule has 136 valence electrons. The summed E-state index contributed by atoms with van der Waals surface area (Å²) in [5.74, 6) is 0.865. The number of phenols is 2. The fourth-order valence-electron chi connectivity index (χ4n) is 3.48. The van der Waals surface area contributed by atoms with E-state index in [1.54, 1.807) is 0 Å². The van der Waals surface area contributed by atoms with E-state index in [4.69, 9.17) is 0 Å². The second-order valence-corrected chi connectivity index (χ2v) is 8.67. The molecule has 0 aliphatic carbocycles. The molecule has 0 aliphatic heterocycles. The summed E-state index contributed by atoms with van der Waals surface area (Å²) in [6, 6.07) is 8.17. The number of hydrogen-bond acceptors (Lipinski definition) is 2. The quantitative estimate of drug-likeness (QED) is 0.689. The van der Waals surface area contributed by atoms with Crippen molar-refractivity contribution in [1.29, 1.82) is 0 Å². The summed E-state index contributed by atoms with van der Waals surface area (Å²) >= 11 is 0. The lowest BCUT2D eigenvalue weighted by Crippen LogP contribution is -2.13. The molecule has 0 radical (unpaired) electrons. The average molecular weight is 341 g/mol. The maximum atomic E-state index is 10.9. The molecule has 2 rings (SSSR count). The summed E-state index contributed by atoms with van der Waals surface area (Å²) in [5.41, 5.74) is 5.79. The van der Waals surface area contributed by atoms with E-state index in [0.717, 1.165) is 33.4 Å². The van der Waals surface area contributed by atoms with E-state index >= 15 is 0 Å². The fraction of sp³-hybridized carbons (Fsp3) is 0.478. The molecule has 2 aromatic carbocycles. The maximum Gasteiger partial charge on any atom is 0.123 e. The van der Waals surface area contributed by atoms with Gasteiger partial charge in [-0.25, -0.2) is 0 Å². The van der Waals surface area contributed by atoms with Gasteiger partial charge in [0.05, 0.1) is 0 Å². The second kappa shape index (κ2) is 6.74. The molecule has 2 nitrogen and oxygen atoms in total. The molecular weight excluding hydrogens is 308 g/mol. The molecule has 2 heteroatoms. The molecule has 0 spiro atoms. The molecule has 1 unspecified atom stereocenters. The fourth-order valence-corrected chi connectivity index (χ4v) is 3.48. The Bertz CT molecular complexity index is 780. The lowest BCUT2D eigenvalue weighted by molar-refractivity contribution is 0.434. The predicted molar refractivity (Wildman–Crippen MR) is 106 cm³/mol. The summed E-state index contributed by atoms with van der Waals surface area (Å²) < 4.78 is 0. The van der Waals surface area contributed by atoms with E-state index in [2.05, 4.69) is 61.5 Å². The normalized spacial score (nSPS) is 13.3. The van der Waals surface area contributed by atoms with Crippen molar-refractivity contribution < 1.29 is 10.2 Å². The molecule has 0 bridgehead atoms. The Morgan fingerprint density at radius 2 is 1.16 bits per heavy atom.